The molecule has 0 bridgehead atoms. The highest BCUT2D eigenvalue weighted by Crippen LogP contribution is 2.33. The van der Waals surface area contributed by atoms with Gasteiger partial charge in [-0.05, 0) is 31.5 Å². The molecule has 5 heteroatoms. The first kappa shape index (κ1) is 12.9. The lowest BCUT2D eigenvalue weighted by molar-refractivity contribution is 0.409. The van der Waals surface area contributed by atoms with E-state index in [1.54, 1.807) is 0 Å². The fraction of sp³-hybridized carbons (Fsp3) is 0.200. The molecule has 0 unspecified atom stereocenters. The number of anilines is 1. The van der Waals surface area contributed by atoms with E-state index in [1.807, 2.05) is 30.3 Å². The SMILES string of the molecule is CC(C)(c1ccccc1)c1noc(-c2ccc(N)s2)n1. The van der Waals surface area contributed by atoms with Crippen LogP contribution in [0.5, 0.6) is 0 Å². The van der Waals surface area contributed by atoms with E-state index in [-0.39, 0.29) is 5.41 Å². The minimum Gasteiger partial charge on any atom is -0.391 e. The molecule has 0 amide bonds. The maximum absolute atomic E-state index is 5.73. The van der Waals surface area contributed by atoms with Crippen molar-refractivity contribution >= 4 is 16.3 Å². The van der Waals surface area contributed by atoms with Crippen molar-refractivity contribution in [1.82, 2.24) is 10.1 Å². The number of benzene rings is 1. The van der Waals surface area contributed by atoms with Crippen LogP contribution < -0.4 is 5.73 Å². The Hall–Kier alpha value is -2.14. The molecule has 0 saturated heterocycles. The van der Waals surface area contributed by atoms with Gasteiger partial charge in [0.25, 0.3) is 5.89 Å². The van der Waals surface area contributed by atoms with Crippen LogP contribution in [-0.4, -0.2) is 10.1 Å². The lowest BCUT2D eigenvalue weighted by Crippen LogP contribution is -2.20. The maximum atomic E-state index is 5.73. The second-order valence-electron chi connectivity index (χ2n) is 5.12. The summed E-state index contributed by atoms with van der Waals surface area (Å²) in [6, 6.07) is 13.9. The molecule has 20 heavy (non-hydrogen) atoms. The van der Waals surface area contributed by atoms with Gasteiger partial charge in [0.15, 0.2) is 5.82 Å². The molecule has 0 aliphatic rings. The van der Waals surface area contributed by atoms with E-state index >= 15 is 0 Å². The van der Waals surface area contributed by atoms with E-state index in [4.69, 9.17) is 10.3 Å². The first-order valence-electron chi connectivity index (χ1n) is 6.33. The van der Waals surface area contributed by atoms with Crippen molar-refractivity contribution in [3.05, 3.63) is 53.9 Å². The third-order valence-corrected chi connectivity index (χ3v) is 4.22. The van der Waals surface area contributed by atoms with Crippen molar-refractivity contribution in [3.8, 4) is 10.8 Å². The van der Waals surface area contributed by atoms with E-state index in [9.17, 15) is 0 Å². The second kappa shape index (κ2) is 4.76. The van der Waals surface area contributed by atoms with E-state index < -0.39 is 0 Å². The van der Waals surface area contributed by atoms with E-state index in [0.717, 1.165) is 15.4 Å². The normalized spacial score (nSPS) is 11.7. The predicted octanol–water partition coefficient (Wildman–Crippen LogP) is 3.71. The second-order valence-corrected chi connectivity index (χ2v) is 6.23. The number of hydrogen-bond donors (Lipinski definition) is 1. The molecule has 2 N–H and O–H groups in total. The van der Waals surface area contributed by atoms with Gasteiger partial charge in [-0.3, -0.25) is 0 Å². The van der Waals surface area contributed by atoms with Crippen LogP contribution in [0.1, 0.15) is 25.2 Å². The van der Waals surface area contributed by atoms with Gasteiger partial charge in [0.2, 0.25) is 0 Å². The van der Waals surface area contributed by atoms with Crippen LogP contribution in [0.4, 0.5) is 5.00 Å². The molecular formula is C15H15N3OS. The first-order valence-corrected chi connectivity index (χ1v) is 7.14. The van der Waals surface area contributed by atoms with Crippen LogP contribution in [-0.2, 0) is 5.41 Å². The monoisotopic (exact) mass is 285 g/mol. The van der Waals surface area contributed by atoms with Crippen molar-refractivity contribution in [1.29, 1.82) is 0 Å². The van der Waals surface area contributed by atoms with Gasteiger partial charge in [-0.25, -0.2) is 0 Å². The fourth-order valence-corrected chi connectivity index (χ4v) is 2.73. The number of nitrogen functional groups attached to an aromatic ring is 1. The average Bonchev–Trinajstić information content (AvgIpc) is 3.08. The number of aromatic nitrogens is 2. The largest absolute Gasteiger partial charge is 0.391 e. The van der Waals surface area contributed by atoms with Crippen molar-refractivity contribution in [2.24, 2.45) is 0 Å². The molecule has 0 radical (unpaired) electrons. The van der Waals surface area contributed by atoms with Gasteiger partial charge in [-0.1, -0.05) is 35.5 Å². The molecule has 102 valence electrons. The number of hydrogen-bond acceptors (Lipinski definition) is 5. The number of nitrogens with two attached hydrogens (primary N) is 1. The van der Waals surface area contributed by atoms with Crippen molar-refractivity contribution in [3.63, 3.8) is 0 Å². The third kappa shape index (κ3) is 2.20. The van der Waals surface area contributed by atoms with Crippen LogP contribution in [0.25, 0.3) is 10.8 Å². The Kier molecular flexibility index (Phi) is 3.06. The quantitative estimate of drug-likeness (QED) is 0.796. The Morgan fingerprint density at radius 2 is 1.85 bits per heavy atom. The molecular weight excluding hydrogens is 270 g/mol. The first-order chi connectivity index (χ1) is 9.57. The van der Waals surface area contributed by atoms with Crippen LogP contribution in [0, 0.1) is 0 Å². The summed E-state index contributed by atoms with van der Waals surface area (Å²) in [4.78, 5) is 5.41. The molecule has 0 fully saturated rings. The summed E-state index contributed by atoms with van der Waals surface area (Å²) < 4.78 is 5.37. The molecule has 1 aromatic carbocycles. The zero-order valence-electron chi connectivity index (χ0n) is 11.3. The topological polar surface area (TPSA) is 64.9 Å². The summed E-state index contributed by atoms with van der Waals surface area (Å²) in [5.74, 6) is 1.19. The molecule has 0 atom stereocenters. The summed E-state index contributed by atoms with van der Waals surface area (Å²) in [5, 5.41) is 4.87. The number of rotatable bonds is 3. The highest BCUT2D eigenvalue weighted by Gasteiger charge is 2.29. The third-order valence-electron chi connectivity index (χ3n) is 3.32. The Morgan fingerprint density at radius 1 is 1.10 bits per heavy atom. The summed E-state index contributed by atoms with van der Waals surface area (Å²) in [5.41, 5.74) is 6.58. The maximum Gasteiger partial charge on any atom is 0.268 e. The zero-order valence-corrected chi connectivity index (χ0v) is 12.1. The predicted molar refractivity (Wildman–Crippen MR) is 80.6 cm³/mol. The standard InChI is InChI=1S/C15H15N3OS/c1-15(2,10-6-4-3-5-7-10)14-17-13(19-18-14)11-8-9-12(16)20-11/h3-9H,16H2,1-2H3. The van der Waals surface area contributed by atoms with Gasteiger partial charge in [0.1, 0.15) is 0 Å². The van der Waals surface area contributed by atoms with Gasteiger partial charge in [-0.15, -0.1) is 11.3 Å². The molecule has 4 nitrogen and oxygen atoms in total. The van der Waals surface area contributed by atoms with Crippen LogP contribution >= 0.6 is 11.3 Å². The molecule has 2 aromatic heterocycles. The Morgan fingerprint density at radius 3 is 2.50 bits per heavy atom. The summed E-state index contributed by atoms with van der Waals surface area (Å²) in [6.45, 7) is 4.17. The molecule has 2 heterocycles. The molecule has 3 aromatic rings. The van der Waals surface area contributed by atoms with Crippen molar-refractivity contribution < 1.29 is 4.52 Å². The van der Waals surface area contributed by atoms with Gasteiger partial charge in [0.05, 0.1) is 15.3 Å². The lowest BCUT2D eigenvalue weighted by Gasteiger charge is -2.20. The highest BCUT2D eigenvalue weighted by atomic mass is 32.1. The zero-order chi connectivity index (χ0) is 14.2. The molecule has 0 aliphatic heterocycles. The Balaban J connectivity index is 1.97. The van der Waals surface area contributed by atoms with Gasteiger partial charge in [0, 0.05) is 0 Å². The molecule has 3 rings (SSSR count). The van der Waals surface area contributed by atoms with Crippen LogP contribution in [0.2, 0.25) is 0 Å². The highest BCUT2D eigenvalue weighted by molar-refractivity contribution is 7.19. The average molecular weight is 285 g/mol. The number of nitrogens with zero attached hydrogens (tertiary/aromatic N) is 2. The minimum atomic E-state index is -0.300. The van der Waals surface area contributed by atoms with Gasteiger partial charge in [-0.2, -0.15) is 4.98 Å². The van der Waals surface area contributed by atoms with Crippen molar-refractivity contribution in [2.45, 2.75) is 19.3 Å². The van der Waals surface area contributed by atoms with Crippen molar-refractivity contribution in [2.75, 3.05) is 5.73 Å². The number of thiophene rings is 1. The van der Waals surface area contributed by atoms with Gasteiger partial charge >= 0.3 is 0 Å². The Bertz CT molecular complexity index is 716. The molecule has 0 aliphatic carbocycles. The molecule has 0 saturated carbocycles. The summed E-state index contributed by atoms with van der Waals surface area (Å²) in [7, 11) is 0. The Labute approximate surface area is 121 Å². The van der Waals surface area contributed by atoms with E-state index in [1.165, 1.54) is 11.3 Å². The smallest absolute Gasteiger partial charge is 0.268 e. The summed E-state index contributed by atoms with van der Waals surface area (Å²) in [6.07, 6.45) is 0. The van der Waals surface area contributed by atoms with Crippen LogP contribution in [0.15, 0.2) is 47.0 Å². The fourth-order valence-electron chi connectivity index (χ4n) is 2.03. The molecule has 0 spiro atoms. The minimum absolute atomic E-state index is 0.300. The van der Waals surface area contributed by atoms with E-state index in [2.05, 4.69) is 36.1 Å². The summed E-state index contributed by atoms with van der Waals surface area (Å²) >= 11 is 1.44. The van der Waals surface area contributed by atoms with E-state index in [0.29, 0.717) is 11.7 Å². The lowest BCUT2D eigenvalue weighted by atomic mass is 9.84. The van der Waals surface area contributed by atoms with Gasteiger partial charge < -0.3 is 10.3 Å². The van der Waals surface area contributed by atoms with Crippen LogP contribution in [0.3, 0.4) is 0 Å².